The van der Waals surface area contributed by atoms with Gasteiger partial charge in [-0.1, -0.05) is 42.1 Å². The summed E-state index contributed by atoms with van der Waals surface area (Å²) in [5.41, 5.74) is 1.92. The van der Waals surface area contributed by atoms with E-state index in [-0.39, 0.29) is 5.91 Å². The Kier molecular flexibility index (Phi) is 5.74. The van der Waals surface area contributed by atoms with Gasteiger partial charge in [0, 0.05) is 12.1 Å². The molecule has 2 aromatic carbocycles. The van der Waals surface area contributed by atoms with Gasteiger partial charge in [-0.15, -0.1) is 0 Å². The molecule has 146 valence electrons. The van der Waals surface area contributed by atoms with Crippen molar-refractivity contribution in [3.05, 3.63) is 60.2 Å². The lowest BCUT2D eigenvalue weighted by Crippen LogP contribution is -2.44. The molecule has 0 radical (unpaired) electrons. The maximum atomic E-state index is 12.3. The minimum absolute atomic E-state index is 0.00819. The number of carbonyl (C=O) groups is 2. The van der Waals surface area contributed by atoms with Gasteiger partial charge < -0.3 is 5.11 Å². The zero-order valence-electron chi connectivity index (χ0n) is 16.1. The van der Waals surface area contributed by atoms with Crippen LogP contribution in [0.2, 0.25) is 0 Å². The topological polar surface area (TPSA) is 73.2 Å². The largest absolute Gasteiger partial charge is 0.465 e. The minimum atomic E-state index is -0.948. The Morgan fingerprint density at radius 2 is 1.79 bits per heavy atom. The molecule has 2 aromatic rings. The van der Waals surface area contributed by atoms with E-state index in [0.29, 0.717) is 17.5 Å². The molecule has 1 N–H and O–H groups in total. The van der Waals surface area contributed by atoms with Gasteiger partial charge in [0.25, 0.3) is 0 Å². The summed E-state index contributed by atoms with van der Waals surface area (Å²) < 4.78 is 0. The summed E-state index contributed by atoms with van der Waals surface area (Å²) in [7, 11) is 0. The first-order valence-electron chi connectivity index (χ1n) is 8.95. The molecule has 0 aliphatic carbocycles. The van der Waals surface area contributed by atoms with Gasteiger partial charge in [-0.25, -0.2) is 9.79 Å². The Morgan fingerprint density at radius 1 is 1.14 bits per heavy atom. The highest BCUT2D eigenvalue weighted by Crippen LogP contribution is 2.29. The van der Waals surface area contributed by atoms with Crippen LogP contribution in [0.1, 0.15) is 26.3 Å². The molecule has 1 aliphatic heterocycles. The van der Waals surface area contributed by atoms with Crippen LogP contribution in [0, 0.1) is 0 Å². The highest BCUT2D eigenvalue weighted by molar-refractivity contribution is 8.15. The normalized spacial score (nSPS) is 15.9. The van der Waals surface area contributed by atoms with Gasteiger partial charge in [-0.3, -0.25) is 14.6 Å². The first kappa shape index (κ1) is 19.9. The van der Waals surface area contributed by atoms with Crippen molar-refractivity contribution < 1.29 is 14.7 Å². The molecular weight excluding hydrogens is 374 g/mol. The van der Waals surface area contributed by atoms with Crippen molar-refractivity contribution in [3.8, 4) is 0 Å². The Bertz CT molecular complexity index is 889. The number of carboxylic acid groups (broad SMARTS) is 1. The lowest BCUT2D eigenvalue weighted by molar-refractivity contribution is -0.115. The van der Waals surface area contributed by atoms with Crippen molar-refractivity contribution in [2.24, 2.45) is 4.99 Å². The molecule has 1 heterocycles. The number of hydrogen-bond donors (Lipinski definition) is 1. The zero-order chi connectivity index (χ0) is 20.3. The summed E-state index contributed by atoms with van der Waals surface area (Å²) in [6, 6.07) is 16.9. The molecule has 28 heavy (non-hydrogen) atoms. The fourth-order valence-corrected chi connectivity index (χ4v) is 3.72. The van der Waals surface area contributed by atoms with E-state index in [2.05, 4.69) is 4.99 Å². The van der Waals surface area contributed by atoms with E-state index >= 15 is 0 Å². The molecule has 0 atom stereocenters. The number of thioether (sulfide) groups is 1. The van der Waals surface area contributed by atoms with Crippen molar-refractivity contribution in [2.75, 3.05) is 10.7 Å². The number of hydrogen-bond acceptors (Lipinski definition) is 4. The first-order valence-corrected chi connectivity index (χ1v) is 9.93. The summed E-state index contributed by atoms with van der Waals surface area (Å²) in [5, 5.41) is 10.1. The van der Waals surface area contributed by atoms with Gasteiger partial charge in [0.1, 0.15) is 0 Å². The monoisotopic (exact) mass is 397 g/mol. The summed E-state index contributed by atoms with van der Waals surface area (Å²) in [4.78, 5) is 31.4. The fraction of sp³-hybridized carbons (Fsp3) is 0.286. The number of amides is 2. The molecule has 1 fully saturated rings. The van der Waals surface area contributed by atoms with E-state index in [9.17, 15) is 14.7 Å². The van der Waals surface area contributed by atoms with E-state index in [0.717, 1.165) is 16.9 Å². The lowest BCUT2D eigenvalue weighted by atomic mass is 10.1. The summed E-state index contributed by atoms with van der Waals surface area (Å²) >= 11 is 1.41. The Labute approximate surface area is 168 Å². The zero-order valence-corrected chi connectivity index (χ0v) is 16.9. The number of rotatable bonds is 4. The average molecular weight is 398 g/mol. The second kappa shape index (κ2) is 8.06. The Balaban J connectivity index is 1.80. The molecule has 7 heteroatoms. The molecule has 2 amide bonds. The lowest BCUT2D eigenvalue weighted by Gasteiger charge is -2.33. The van der Waals surface area contributed by atoms with Crippen LogP contribution in [-0.4, -0.2) is 38.5 Å². The maximum Gasteiger partial charge on any atom is 0.408 e. The van der Waals surface area contributed by atoms with Gasteiger partial charge in [-0.2, -0.15) is 0 Å². The SMILES string of the molecule is CC(C)(C)N(Cc1ccc(N=C2SCC(=O)N2c2ccccc2)cc1)C(=O)O. The molecule has 6 nitrogen and oxygen atoms in total. The van der Waals surface area contributed by atoms with Crippen molar-refractivity contribution >= 4 is 40.3 Å². The maximum absolute atomic E-state index is 12.3. The summed E-state index contributed by atoms with van der Waals surface area (Å²) in [5.74, 6) is 0.374. The van der Waals surface area contributed by atoms with Crippen LogP contribution in [-0.2, 0) is 11.3 Å². The molecule has 0 unspecified atom stereocenters. The quantitative estimate of drug-likeness (QED) is 0.809. The second-order valence-corrected chi connectivity index (χ2v) is 8.40. The first-order chi connectivity index (χ1) is 13.3. The molecule has 3 rings (SSSR count). The van der Waals surface area contributed by atoms with Gasteiger partial charge in [0.15, 0.2) is 5.17 Å². The highest BCUT2D eigenvalue weighted by atomic mass is 32.2. The summed E-state index contributed by atoms with van der Waals surface area (Å²) in [6.45, 7) is 5.91. The van der Waals surface area contributed by atoms with Crippen molar-refractivity contribution in [1.29, 1.82) is 0 Å². The third-order valence-corrected chi connectivity index (χ3v) is 5.25. The van der Waals surface area contributed by atoms with Crippen LogP contribution in [0.15, 0.2) is 59.6 Å². The highest BCUT2D eigenvalue weighted by Gasteiger charge is 2.29. The van der Waals surface area contributed by atoms with E-state index in [1.807, 2.05) is 75.4 Å². The third-order valence-electron chi connectivity index (χ3n) is 4.32. The van der Waals surface area contributed by atoms with Crippen LogP contribution >= 0.6 is 11.8 Å². The van der Waals surface area contributed by atoms with E-state index in [1.54, 1.807) is 4.90 Å². The van der Waals surface area contributed by atoms with Crippen molar-refractivity contribution in [3.63, 3.8) is 0 Å². The van der Waals surface area contributed by atoms with Crippen LogP contribution in [0.5, 0.6) is 0 Å². The smallest absolute Gasteiger partial charge is 0.408 e. The van der Waals surface area contributed by atoms with Gasteiger partial charge in [0.05, 0.1) is 17.1 Å². The molecule has 0 bridgehead atoms. The average Bonchev–Trinajstić information content (AvgIpc) is 3.00. The standard InChI is InChI=1S/C21H23N3O3S/c1-21(2,3)23(20(26)27)13-15-9-11-16(12-10-15)22-19-24(18(25)14-28-19)17-7-5-4-6-8-17/h4-12H,13-14H2,1-3H3,(H,26,27). The van der Waals surface area contributed by atoms with Gasteiger partial charge >= 0.3 is 6.09 Å². The van der Waals surface area contributed by atoms with E-state index < -0.39 is 11.6 Å². The number of aliphatic imine (C=N–C) groups is 1. The van der Waals surface area contributed by atoms with Crippen LogP contribution in [0.4, 0.5) is 16.2 Å². The number of anilines is 1. The summed E-state index contributed by atoms with van der Waals surface area (Å²) in [6.07, 6.45) is -0.948. The van der Waals surface area contributed by atoms with Crippen LogP contribution in [0.3, 0.4) is 0 Å². The number of carbonyl (C=O) groups excluding carboxylic acids is 1. The second-order valence-electron chi connectivity index (χ2n) is 7.45. The number of amidine groups is 1. The Morgan fingerprint density at radius 3 is 2.36 bits per heavy atom. The number of para-hydroxylation sites is 1. The number of nitrogens with zero attached hydrogens (tertiary/aromatic N) is 3. The molecule has 0 aromatic heterocycles. The molecule has 0 spiro atoms. The van der Waals surface area contributed by atoms with Crippen molar-refractivity contribution in [2.45, 2.75) is 32.9 Å². The van der Waals surface area contributed by atoms with E-state index in [1.165, 1.54) is 16.7 Å². The molecular formula is C21H23N3O3S. The van der Waals surface area contributed by atoms with Crippen LogP contribution in [0.25, 0.3) is 0 Å². The van der Waals surface area contributed by atoms with Crippen LogP contribution < -0.4 is 4.90 Å². The Hall–Kier alpha value is -2.80. The van der Waals surface area contributed by atoms with E-state index in [4.69, 9.17) is 0 Å². The molecule has 0 saturated carbocycles. The molecule has 1 aliphatic rings. The van der Waals surface area contributed by atoms with Gasteiger partial charge in [0.2, 0.25) is 5.91 Å². The predicted octanol–water partition coefficient (Wildman–Crippen LogP) is 4.73. The minimum Gasteiger partial charge on any atom is -0.465 e. The predicted molar refractivity (Wildman–Crippen MR) is 113 cm³/mol. The third kappa shape index (κ3) is 4.54. The molecule has 1 saturated heterocycles. The number of benzene rings is 2. The fourth-order valence-electron chi connectivity index (χ4n) is 2.84. The van der Waals surface area contributed by atoms with Gasteiger partial charge in [-0.05, 0) is 50.6 Å². The van der Waals surface area contributed by atoms with Crippen molar-refractivity contribution in [1.82, 2.24) is 4.90 Å².